The van der Waals surface area contributed by atoms with Crippen molar-refractivity contribution in [2.75, 3.05) is 6.61 Å². The molecule has 10 heteroatoms. The molecule has 0 unspecified atom stereocenters. The van der Waals surface area contributed by atoms with E-state index in [2.05, 4.69) is 18.8 Å². The number of carbonyl (C=O) groups excluding carboxylic acids is 1. The van der Waals surface area contributed by atoms with Crippen LogP contribution in [0.4, 0.5) is 0 Å². The molecule has 0 spiro atoms. The van der Waals surface area contributed by atoms with Crippen LogP contribution in [0.2, 0.25) is 0 Å². The fraction of sp³-hybridized carbons (Fsp3) is 0.444. The summed E-state index contributed by atoms with van der Waals surface area (Å²) in [5.74, 6) is -3.13. The average molecular weight is 516 g/mol. The number of aromatic nitrogens is 1. The number of aromatic amines is 1. The van der Waals surface area contributed by atoms with Crippen LogP contribution in [0.3, 0.4) is 0 Å². The topological polar surface area (TPSA) is 173 Å². The lowest BCUT2D eigenvalue weighted by Crippen LogP contribution is -2.46. The number of benzene rings is 2. The highest BCUT2D eigenvalue weighted by Crippen LogP contribution is 2.36. The van der Waals surface area contributed by atoms with Crippen LogP contribution in [0.1, 0.15) is 42.1 Å². The number of rotatable bonds is 9. The van der Waals surface area contributed by atoms with E-state index < -0.39 is 43.3 Å². The van der Waals surface area contributed by atoms with E-state index in [9.17, 15) is 35.4 Å². The van der Waals surface area contributed by atoms with Crippen molar-refractivity contribution in [2.45, 2.75) is 63.5 Å². The molecule has 1 aromatic heterocycles. The molecular weight excluding hydrogens is 482 g/mol. The Morgan fingerprint density at radius 1 is 1.08 bits per heavy atom. The third-order valence-corrected chi connectivity index (χ3v) is 6.96. The third-order valence-electron chi connectivity index (χ3n) is 6.96. The summed E-state index contributed by atoms with van der Waals surface area (Å²) in [5.41, 5.74) is 3.71. The number of fused-ring (bicyclic) bond motifs is 1. The minimum atomic E-state index is -2.50. The fourth-order valence-corrected chi connectivity index (χ4v) is 4.81. The van der Waals surface area contributed by atoms with Crippen LogP contribution in [-0.2, 0) is 29.2 Å². The number of esters is 1. The van der Waals surface area contributed by atoms with Gasteiger partial charge in [-0.3, -0.25) is 0 Å². The maximum atomic E-state index is 12.9. The molecule has 0 radical (unpaired) electrons. The summed E-state index contributed by atoms with van der Waals surface area (Å²) < 4.78 is 10.5. The Bertz CT molecular complexity index is 1260. The first-order chi connectivity index (χ1) is 17.6. The molecule has 5 atom stereocenters. The minimum absolute atomic E-state index is 0.0393. The molecule has 7 N–H and O–H groups in total. The van der Waals surface area contributed by atoms with Gasteiger partial charge in [-0.1, -0.05) is 44.2 Å². The first kappa shape index (κ1) is 27.2. The predicted molar refractivity (Wildman–Crippen MR) is 132 cm³/mol. The second-order valence-electron chi connectivity index (χ2n) is 9.83. The van der Waals surface area contributed by atoms with E-state index in [0.717, 1.165) is 16.7 Å². The Hall–Kier alpha value is -2.83. The van der Waals surface area contributed by atoms with Crippen LogP contribution >= 0.6 is 0 Å². The van der Waals surface area contributed by atoms with E-state index in [1.807, 2.05) is 42.5 Å². The van der Waals surface area contributed by atoms with Crippen molar-refractivity contribution in [1.82, 2.24) is 4.98 Å². The van der Waals surface area contributed by atoms with Gasteiger partial charge in [0.15, 0.2) is 11.9 Å². The zero-order valence-electron chi connectivity index (χ0n) is 20.7. The van der Waals surface area contributed by atoms with Crippen molar-refractivity contribution < 1.29 is 44.9 Å². The van der Waals surface area contributed by atoms with Crippen molar-refractivity contribution in [2.24, 2.45) is 5.92 Å². The second-order valence-corrected chi connectivity index (χ2v) is 9.83. The molecule has 1 fully saturated rings. The van der Waals surface area contributed by atoms with Crippen LogP contribution in [0.15, 0.2) is 42.5 Å². The van der Waals surface area contributed by atoms with Gasteiger partial charge in [0.2, 0.25) is 5.79 Å². The van der Waals surface area contributed by atoms with Gasteiger partial charge in [0.05, 0.1) is 25.5 Å². The predicted octanol–water partition coefficient (Wildman–Crippen LogP) is 0.842. The lowest BCUT2D eigenvalue weighted by molar-refractivity contribution is -0.246. The van der Waals surface area contributed by atoms with Crippen LogP contribution in [0, 0.1) is 5.92 Å². The zero-order valence-corrected chi connectivity index (χ0v) is 20.7. The maximum Gasteiger partial charge on any atom is 0.343 e. The Morgan fingerprint density at radius 3 is 2.46 bits per heavy atom. The fourth-order valence-electron chi connectivity index (χ4n) is 4.81. The van der Waals surface area contributed by atoms with Gasteiger partial charge in [-0.25, -0.2) is 4.79 Å². The number of hydrogen-bond acceptors (Lipinski definition) is 9. The highest BCUT2D eigenvalue weighted by molar-refractivity contribution is 5.91. The molecule has 37 heavy (non-hydrogen) atoms. The largest absolute Gasteiger partial charge is 0.422 e. The number of aliphatic hydroxyl groups is 6. The van der Waals surface area contributed by atoms with Crippen molar-refractivity contribution in [3.63, 3.8) is 0 Å². The number of H-pyrrole nitrogens is 1. The van der Waals surface area contributed by atoms with Gasteiger partial charge in [-0.05, 0) is 47.1 Å². The number of aliphatic hydroxyl groups excluding tert-OH is 5. The van der Waals surface area contributed by atoms with Crippen molar-refractivity contribution in [3.8, 4) is 5.75 Å². The Kier molecular flexibility index (Phi) is 8.00. The molecule has 4 rings (SSSR count). The third kappa shape index (κ3) is 5.27. The summed E-state index contributed by atoms with van der Waals surface area (Å²) in [5, 5.41) is 59.5. The summed E-state index contributed by atoms with van der Waals surface area (Å²) >= 11 is 0. The van der Waals surface area contributed by atoms with Gasteiger partial charge in [0.25, 0.3) is 0 Å². The van der Waals surface area contributed by atoms with Gasteiger partial charge < -0.3 is 45.1 Å². The molecule has 10 nitrogen and oxygen atoms in total. The number of carbonyl (C=O) groups is 1. The molecule has 3 aromatic rings. The Morgan fingerprint density at radius 2 is 1.84 bits per heavy atom. The van der Waals surface area contributed by atoms with E-state index in [-0.39, 0.29) is 24.0 Å². The standard InChI is InChI=1S/C27H33NO9/c1-14(2)18(17-5-3-4-16(8-17)11-29)9-15-6-7-20-19(10-15)23(21(12-30)28-20)36-26(34)24-22(32)25(33)27(35,13-31)37-24/h3-8,10,14,18,22,24-25,28-33,35H,9,11-13H2,1-2H3/t18-,22-,24+,25+,27-/m0/s1. The SMILES string of the molecule is CC(C)[C@H](Cc1ccc2[nH]c(CO)c(OC(=O)[C@@H]3O[C@@](O)(CO)[C@H](O)[C@H]3O)c2c1)c1cccc(CO)c1. The summed E-state index contributed by atoms with van der Waals surface area (Å²) in [6, 6.07) is 13.4. The quantitative estimate of drug-likeness (QED) is 0.204. The normalized spacial score (nSPS) is 24.6. The first-order valence-corrected chi connectivity index (χ1v) is 12.1. The monoisotopic (exact) mass is 515 g/mol. The molecule has 200 valence electrons. The first-order valence-electron chi connectivity index (χ1n) is 12.1. The highest BCUT2D eigenvalue weighted by atomic mass is 16.7. The summed E-state index contributed by atoms with van der Waals surface area (Å²) in [6.45, 7) is 2.70. The van der Waals surface area contributed by atoms with Crippen LogP contribution < -0.4 is 4.74 Å². The van der Waals surface area contributed by atoms with Crippen LogP contribution in [0.5, 0.6) is 5.75 Å². The van der Waals surface area contributed by atoms with Gasteiger partial charge in [-0.2, -0.15) is 0 Å². The van der Waals surface area contributed by atoms with Gasteiger partial charge in [0.1, 0.15) is 12.2 Å². The molecule has 1 saturated heterocycles. The van der Waals surface area contributed by atoms with Gasteiger partial charge >= 0.3 is 5.97 Å². The summed E-state index contributed by atoms with van der Waals surface area (Å²) in [4.78, 5) is 15.9. The van der Waals surface area contributed by atoms with Crippen LogP contribution in [-0.4, -0.2) is 72.3 Å². The lowest BCUT2D eigenvalue weighted by Gasteiger charge is -2.22. The zero-order chi connectivity index (χ0) is 26.9. The molecular formula is C27H33NO9. The van der Waals surface area contributed by atoms with E-state index in [1.165, 1.54) is 0 Å². The van der Waals surface area contributed by atoms with E-state index in [4.69, 9.17) is 9.47 Å². The molecule has 1 aliphatic heterocycles. The molecule has 0 aliphatic carbocycles. The highest BCUT2D eigenvalue weighted by Gasteiger charge is 2.56. The summed E-state index contributed by atoms with van der Waals surface area (Å²) in [6.07, 6.45) is -4.84. The lowest BCUT2D eigenvalue weighted by atomic mass is 9.83. The molecule has 2 heterocycles. The average Bonchev–Trinajstić information content (AvgIpc) is 3.36. The summed E-state index contributed by atoms with van der Waals surface area (Å²) in [7, 11) is 0. The van der Waals surface area contributed by atoms with Gasteiger partial charge in [-0.15, -0.1) is 0 Å². The molecule has 0 saturated carbocycles. The van der Waals surface area contributed by atoms with Crippen molar-refractivity contribution >= 4 is 16.9 Å². The molecule has 1 aliphatic rings. The number of nitrogens with one attached hydrogen (secondary N) is 1. The molecule has 2 aromatic carbocycles. The number of ether oxygens (including phenoxy) is 2. The molecule has 0 amide bonds. The Balaban J connectivity index is 1.64. The van der Waals surface area contributed by atoms with E-state index >= 15 is 0 Å². The van der Waals surface area contributed by atoms with E-state index in [1.54, 1.807) is 0 Å². The maximum absolute atomic E-state index is 12.9. The van der Waals surface area contributed by atoms with Crippen molar-refractivity contribution in [3.05, 3.63) is 64.8 Å². The number of hydrogen-bond donors (Lipinski definition) is 7. The Labute approximate surface area is 213 Å². The second kappa shape index (κ2) is 10.9. The molecule has 0 bridgehead atoms. The smallest absolute Gasteiger partial charge is 0.343 e. The van der Waals surface area contributed by atoms with Crippen molar-refractivity contribution in [1.29, 1.82) is 0 Å². The van der Waals surface area contributed by atoms with E-state index in [0.29, 0.717) is 23.2 Å². The van der Waals surface area contributed by atoms with Gasteiger partial charge in [0, 0.05) is 10.9 Å². The van der Waals surface area contributed by atoms with Crippen LogP contribution in [0.25, 0.3) is 10.9 Å². The minimum Gasteiger partial charge on any atom is -0.422 e.